The molecule has 0 saturated carbocycles. The average molecular weight is 311 g/mol. The number of carbonyl (C=O) groups excluding carboxylic acids is 1. The number of benzene rings is 1. The molecule has 0 saturated heterocycles. The normalized spacial score (nSPS) is 12.2. The molecule has 7 heteroatoms. The fourth-order valence-electron chi connectivity index (χ4n) is 1.63. The fraction of sp³-hybridized carbons (Fsp3) is 0.308. The number of halogens is 1. The van der Waals surface area contributed by atoms with Gasteiger partial charge in [-0.15, -0.1) is 10.2 Å². The topological polar surface area (TPSA) is 46.1 Å². The molecule has 20 heavy (non-hydrogen) atoms. The molecule has 0 aliphatic carbocycles. The minimum atomic E-state index is -0.276. The quantitative estimate of drug-likeness (QED) is 0.796. The predicted octanol–water partition coefficient (Wildman–Crippen LogP) is 2.99. The first-order chi connectivity index (χ1) is 9.58. The van der Waals surface area contributed by atoms with Crippen molar-refractivity contribution in [2.45, 2.75) is 17.3 Å². The van der Waals surface area contributed by atoms with Gasteiger partial charge in [-0.25, -0.2) is 4.39 Å². The highest BCUT2D eigenvalue weighted by molar-refractivity contribution is 8.01. The molecule has 0 aliphatic rings. The van der Waals surface area contributed by atoms with Crippen LogP contribution in [0.2, 0.25) is 0 Å². The molecule has 0 spiro atoms. The molecular formula is C13H14FN3OS2. The Bertz CT molecular complexity index is 560. The lowest BCUT2D eigenvalue weighted by molar-refractivity contribution is -0.128. The maximum atomic E-state index is 12.9. The van der Waals surface area contributed by atoms with Gasteiger partial charge in [-0.1, -0.05) is 35.2 Å². The summed E-state index contributed by atoms with van der Waals surface area (Å²) in [6.45, 7) is 1.92. The average Bonchev–Trinajstić information content (AvgIpc) is 2.97. The van der Waals surface area contributed by atoms with E-state index in [0.29, 0.717) is 5.75 Å². The van der Waals surface area contributed by atoms with E-state index in [2.05, 4.69) is 10.2 Å². The van der Waals surface area contributed by atoms with Crippen molar-refractivity contribution in [3.05, 3.63) is 41.2 Å². The summed E-state index contributed by atoms with van der Waals surface area (Å²) in [6.07, 6.45) is 0. The van der Waals surface area contributed by atoms with E-state index in [0.717, 1.165) is 9.90 Å². The van der Waals surface area contributed by atoms with Gasteiger partial charge in [0.1, 0.15) is 11.3 Å². The third-order valence-corrected chi connectivity index (χ3v) is 4.83. The van der Waals surface area contributed by atoms with Gasteiger partial charge in [0.05, 0.1) is 11.8 Å². The van der Waals surface area contributed by atoms with Crippen molar-refractivity contribution >= 4 is 29.0 Å². The standard InChI is InChI=1S/C13H14FN3OS2/c1-9(10-3-5-11(14)6-4-10)17(2)12(18)7-19-13-16-15-8-20-13/h3-6,8-9H,7H2,1-2H3. The molecular weight excluding hydrogens is 297 g/mol. The summed E-state index contributed by atoms with van der Waals surface area (Å²) >= 11 is 2.78. The van der Waals surface area contributed by atoms with Crippen LogP contribution in [-0.2, 0) is 4.79 Å². The first-order valence-corrected chi connectivity index (χ1v) is 7.84. The van der Waals surface area contributed by atoms with E-state index >= 15 is 0 Å². The third-order valence-electron chi connectivity index (χ3n) is 2.99. The van der Waals surface area contributed by atoms with Crippen LogP contribution in [0.15, 0.2) is 34.1 Å². The molecule has 1 aromatic carbocycles. The highest BCUT2D eigenvalue weighted by atomic mass is 32.2. The highest BCUT2D eigenvalue weighted by Gasteiger charge is 2.18. The Labute approximate surface area is 125 Å². The zero-order valence-corrected chi connectivity index (χ0v) is 12.7. The Morgan fingerprint density at radius 2 is 2.15 bits per heavy atom. The van der Waals surface area contributed by atoms with Crippen LogP contribution < -0.4 is 0 Å². The first-order valence-electron chi connectivity index (χ1n) is 5.98. The van der Waals surface area contributed by atoms with Gasteiger partial charge in [-0.2, -0.15) is 0 Å². The van der Waals surface area contributed by atoms with Crippen LogP contribution in [0, 0.1) is 5.82 Å². The van der Waals surface area contributed by atoms with Crippen molar-refractivity contribution in [3.8, 4) is 0 Å². The summed E-state index contributed by atoms with van der Waals surface area (Å²) in [7, 11) is 1.75. The Morgan fingerprint density at radius 3 is 2.75 bits per heavy atom. The third kappa shape index (κ3) is 3.77. The molecule has 1 aromatic heterocycles. The number of hydrogen-bond donors (Lipinski definition) is 0. The number of hydrogen-bond acceptors (Lipinski definition) is 5. The molecule has 1 amide bonds. The van der Waals surface area contributed by atoms with Crippen molar-refractivity contribution in [3.63, 3.8) is 0 Å². The fourth-order valence-corrected chi connectivity index (χ4v) is 3.04. The Balaban J connectivity index is 1.93. The summed E-state index contributed by atoms with van der Waals surface area (Å²) in [5.74, 6) is 0.0424. The number of carbonyl (C=O) groups is 1. The Hall–Kier alpha value is -1.47. The summed E-state index contributed by atoms with van der Waals surface area (Å²) in [5, 5.41) is 7.60. The molecule has 0 aliphatic heterocycles. The maximum Gasteiger partial charge on any atom is 0.233 e. The molecule has 1 heterocycles. The van der Waals surface area contributed by atoms with Gasteiger partial charge >= 0.3 is 0 Å². The Kier molecular flexibility index (Phi) is 5.08. The van der Waals surface area contributed by atoms with E-state index < -0.39 is 0 Å². The second-order valence-corrected chi connectivity index (χ2v) is 6.28. The smallest absolute Gasteiger partial charge is 0.233 e. The molecule has 1 atom stereocenters. The lowest BCUT2D eigenvalue weighted by Gasteiger charge is -2.25. The van der Waals surface area contributed by atoms with E-state index in [9.17, 15) is 9.18 Å². The minimum absolute atomic E-state index is 0.00188. The molecule has 2 aromatic rings. The van der Waals surface area contributed by atoms with Crippen LogP contribution >= 0.6 is 23.1 Å². The summed E-state index contributed by atoms with van der Waals surface area (Å²) in [6, 6.07) is 6.10. The van der Waals surface area contributed by atoms with E-state index in [1.165, 1.54) is 35.2 Å². The Morgan fingerprint density at radius 1 is 1.45 bits per heavy atom. The monoisotopic (exact) mass is 311 g/mol. The molecule has 1 unspecified atom stereocenters. The predicted molar refractivity (Wildman–Crippen MR) is 78.2 cm³/mol. The highest BCUT2D eigenvalue weighted by Crippen LogP contribution is 2.23. The van der Waals surface area contributed by atoms with Gasteiger partial charge < -0.3 is 4.90 Å². The number of nitrogens with zero attached hydrogens (tertiary/aromatic N) is 3. The van der Waals surface area contributed by atoms with Crippen LogP contribution in [0.3, 0.4) is 0 Å². The van der Waals surface area contributed by atoms with Crippen LogP contribution in [0.5, 0.6) is 0 Å². The summed E-state index contributed by atoms with van der Waals surface area (Å²) < 4.78 is 13.7. The van der Waals surface area contributed by atoms with Crippen LogP contribution in [0.1, 0.15) is 18.5 Å². The zero-order valence-electron chi connectivity index (χ0n) is 11.1. The van der Waals surface area contributed by atoms with Crippen molar-refractivity contribution in [1.82, 2.24) is 15.1 Å². The number of aromatic nitrogens is 2. The van der Waals surface area contributed by atoms with Gasteiger partial charge in [0.15, 0.2) is 4.34 Å². The summed E-state index contributed by atoms with van der Waals surface area (Å²) in [5.41, 5.74) is 2.54. The van der Waals surface area contributed by atoms with Crippen molar-refractivity contribution in [2.24, 2.45) is 0 Å². The number of amides is 1. The van der Waals surface area contributed by atoms with Gasteiger partial charge in [0.25, 0.3) is 0 Å². The second-order valence-electron chi connectivity index (χ2n) is 4.23. The van der Waals surface area contributed by atoms with Crippen LogP contribution in [0.25, 0.3) is 0 Å². The molecule has 0 N–H and O–H groups in total. The largest absolute Gasteiger partial charge is 0.338 e. The summed E-state index contributed by atoms with van der Waals surface area (Å²) in [4.78, 5) is 13.8. The minimum Gasteiger partial charge on any atom is -0.338 e. The second kappa shape index (κ2) is 6.81. The maximum absolute atomic E-state index is 12.9. The van der Waals surface area contributed by atoms with Crippen molar-refractivity contribution < 1.29 is 9.18 Å². The zero-order chi connectivity index (χ0) is 14.5. The molecule has 106 valence electrons. The lowest BCUT2D eigenvalue weighted by atomic mass is 10.1. The molecule has 4 nitrogen and oxygen atoms in total. The molecule has 0 fully saturated rings. The molecule has 0 bridgehead atoms. The van der Waals surface area contributed by atoms with Gasteiger partial charge in [0, 0.05) is 7.05 Å². The van der Waals surface area contributed by atoms with E-state index in [-0.39, 0.29) is 17.8 Å². The first kappa shape index (κ1) is 14.9. The van der Waals surface area contributed by atoms with E-state index in [4.69, 9.17) is 0 Å². The number of thioether (sulfide) groups is 1. The van der Waals surface area contributed by atoms with Crippen molar-refractivity contribution in [1.29, 1.82) is 0 Å². The molecule has 0 radical (unpaired) electrons. The van der Waals surface area contributed by atoms with Gasteiger partial charge in [-0.05, 0) is 24.6 Å². The van der Waals surface area contributed by atoms with Gasteiger partial charge in [0.2, 0.25) is 5.91 Å². The van der Waals surface area contributed by atoms with E-state index in [1.807, 2.05) is 6.92 Å². The lowest BCUT2D eigenvalue weighted by Crippen LogP contribution is -2.31. The van der Waals surface area contributed by atoms with E-state index in [1.54, 1.807) is 29.6 Å². The van der Waals surface area contributed by atoms with Crippen LogP contribution in [-0.4, -0.2) is 33.8 Å². The van der Waals surface area contributed by atoms with Crippen LogP contribution in [0.4, 0.5) is 4.39 Å². The number of rotatable bonds is 5. The molecule has 2 rings (SSSR count). The van der Waals surface area contributed by atoms with Gasteiger partial charge in [-0.3, -0.25) is 4.79 Å². The SMILES string of the molecule is CC(c1ccc(F)cc1)N(C)C(=O)CSc1nncs1. The van der Waals surface area contributed by atoms with Crippen molar-refractivity contribution in [2.75, 3.05) is 12.8 Å².